The van der Waals surface area contributed by atoms with Gasteiger partial charge in [0.15, 0.2) is 0 Å². The van der Waals surface area contributed by atoms with Crippen molar-refractivity contribution in [3.8, 4) is 0 Å². The molecule has 2 rings (SSSR count). The molecule has 20 heavy (non-hydrogen) atoms. The van der Waals surface area contributed by atoms with Gasteiger partial charge in [-0.05, 0) is 12.1 Å². The van der Waals surface area contributed by atoms with Crippen LogP contribution in [0.1, 0.15) is 12.0 Å². The van der Waals surface area contributed by atoms with Crippen molar-refractivity contribution >= 4 is 23.7 Å². The van der Waals surface area contributed by atoms with Crippen LogP contribution in [0.5, 0.6) is 0 Å². The lowest BCUT2D eigenvalue weighted by Crippen LogP contribution is -2.21. The van der Waals surface area contributed by atoms with Crippen molar-refractivity contribution in [3.05, 3.63) is 46.0 Å². The molecule has 0 radical (unpaired) electrons. The number of ether oxygens (including phenoxy) is 2. The second kappa shape index (κ2) is 5.96. The van der Waals surface area contributed by atoms with Crippen LogP contribution < -0.4 is 0 Å². The molecule has 1 fully saturated rings. The first-order valence-corrected chi connectivity index (χ1v) is 5.86. The number of nitrogens with zero attached hydrogens (tertiary/aromatic N) is 1. The Labute approximate surface area is 113 Å². The van der Waals surface area contributed by atoms with Crippen LogP contribution in [-0.4, -0.2) is 29.6 Å². The van der Waals surface area contributed by atoms with Crippen molar-refractivity contribution in [1.29, 1.82) is 0 Å². The highest BCUT2D eigenvalue weighted by atomic mass is 16.6. The Bertz CT molecular complexity index is 580. The summed E-state index contributed by atoms with van der Waals surface area (Å²) in [4.78, 5) is 32.9. The van der Waals surface area contributed by atoms with Crippen LogP contribution >= 0.6 is 0 Å². The molecule has 0 saturated carbocycles. The fourth-order valence-electron chi connectivity index (χ4n) is 1.72. The van der Waals surface area contributed by atoms with E-state index in [1.54, 1.807) is 6.07 Å². The van der Waals surface area contributed by atoms with E-state index in [1.165, 1.54) is 24.3 Å². The van der Waals surface area contributed by atoms with Gasteiger partial charge in [-0.25, -0.2) is 9.59 Å². The van der Waals surface area contributed by atoms with Crippen molar-refractivity contribution in [2.24, 2.45) is 0 Å². The third-order valence-electron chi connectivity index (χ3n) is 2.68. The molecule has 7 nitrogen and oxygen atoms in total. The van der Waals surface area contributed by atoms with E-state index in [4.69, 9.17) is 4.74 Å². The van der Waals surface area contributed by atoms with Crippen LogP contribution in [0.15, 0.2) is 30.3 Å². The van der Waals surface area contributed by atoms with Gasteiger partial charge in [0.1, 0.15) is 0 Å². The number of carbonyl (C=O) groups is 2. The largest absolute Gasteiger partial charge is 0.463 e. The third-order valence-corrected chi connectivity index (χ3v) is 2.68. The Kier molecular flexibility index (Phi) is 4.09. The summed E-state index contributed by atoms with van der Waals surface area (Å²) in [5, 5.41) is 10.8. The Morgan fingerprint density at radius 2 is 2.20 bits per heavy atom. The monoisotopic (exact) mass is 277 g/mol. The Morgan fingerprint density at radius 1 is 1.45 bits per heavy atom. The minimum absolute atomic E-state index is 0.114. The molecule has 1 aliphatic heterocycles. The zero-order chi connectivity index (χ0) is 14.5. The van der Waals surface area contributed by atoms with E-state index in [-0.39, 0.29) is 17.9 Å². The summed E-state index contributed by atoms with van der Waals surface area (Å²) in [6, 6.07) is 5.99. The summed E-state index contributed by atoms with van der Waals surface area (Å²) in [5.41, 5.74) is 0.167. The first-order valence-electron chi connectivity index (χ1n) is 5.86. The molecular formula is C13H11NO6. The van der Waals surface area contributed by atoms with Gasteiger partial charge in [-0.1, -0.05) is 12.1 Å². The lowest BCUT2D eigenvalue weighted by atomic mass is 10.1. The van der Waals surface area contributed by atoms with Crippen LogP contribution in [0, 0.1) is 10.1 Å². The predicted molar refractivity (Wildman–Crippen MR) is 67.6 cm³/mol. The number of hydrogen-bond acceptors (Lipinski definition) is 6. The maximum Gasteiger partial charge on any atom is 0.347 e. The lowest BCUT2D eigenvalue weighted by Gasteiger charge is -2.05. The molecule has 1 saturated heterocycles. The number of nitro benzene ring substituents is 1. The predicted octanol–water partition coefficient (Wildman–Crippen LogP) is 1.47. The van der Waals surface area contributed by atoms with Crippen molar-refractivity contribution < 1.29 is 24.0 Å². The van der Waals surface area contributed by atoms with Gasteiger partial charge in [-0.15, -0.1) is 0 Å². The second-order valence-electron chi connectivity index (χ2n) is 4.03. The fraction of sp³-hybridized carbons (Fsp3) is 0.231. The Balaban J connectivity index is 2.04. The molecule has 1 aromatic rings. The minimum atomic E-state index is -0.891. The molecule has 0 unspecified atom stereocenters. The lowest BCUT2D eigenvalue weighted by molar-refractivity contribution is -0.385. The molecule has 104 valence electrons. The average molecular weight is 277 g/mol. The zero-order valence-corrected chi connectivity index (χ0v) is 10.4. The van der Waals surface area contributed by atoms with Gasteiger partial charge in [-0.2, -0.15) is 0 Å². The van der Waals surface area contributed by atoms with Crippen molar-refractivity contribution in [2.45, 2.75) is 12.5 Å². The van der Waals surface area contributed by atoms with Gasteiger partial charge >= 0.3 is 11.9 Å². The fourth-order valence-corrected chi connectivity index (χ4v) is 1.72. The maximum absolute atomic E-state index is 11.5. The molecule has 0 aliphatic carbocycles. The van der Waals surface area contributed by atoms with E-state index in [1.807, 2.05) is 0 Å². The highest BCUT2D eigenvalue weighted by Gasteiger charge is 2.29. The number of benzene rings is 1. The van der Waals surface area contributed by atoms with E-state index in [0.717, 1.165) is 6.08 Å². The topological polar surface area (TPSA) is 95.7 Å². The highest BCUT2D eigenvalue weighted by Crippen LogP contribution is 2.19. The molecule has 0 N–H and O–H groups in total. The van der Waals surface area contributed by atoms with E-state index < -0.39 is 23.0 Å². The normalized spacial score (nSPS) is 18.0. The molecular weight excluding hydrogens is 266 g/mol. The molecule has 0 amide bonds. The number of esters is 2. The summed E-state index contributed by atoms with van der Waals surface area (Å²) >= 11 is 0. The number of hydrogen-bond donors (Lipinski definition) is 0. The number of nitro groups is 1. The summed E-state index contributed by atoms with van der Waals surface area (Å²) in [6.45, 7) is 0.227. The SMILES string of the molecule is O=C(/C=C/c1ccccc1[N+](=O)[O-])O[C@@H]1CCOC1=O. The van der Waals surface area contributed by atoms with Gasteiger partial charge in [0.05, 0.1) is 17.1 Å². The van der Waals surface area contributed by atoms with Gasteiger partial charge in [-0.3, -0.25) is 10.1 Å². The molecule has 7 heteroatoms. The van der Waals surface area contributed by atoms with Crippen LogP contribution in [0.2, 0.25) is 0 Å². The van der Waals surface area contributed by atoms with Crippen LogP contribution in [0.3, 0.4) is 0 Å². The Morgan fingerprint density at radius 3 is 2.85 bits per heavy atom. The first-order chi connectivity index (χ1) is 9.58. The smallest absolute Gasteiger partial charge is 0.347 e. The van der Waals surface area contributed by atoms with Gasteiger partial charge < -0.3 is 9.47 Å². The number of para-hydroxylation sites is 1. The van der Waals surface area contributed by atoms with Crippen molar-refractivity contribution in [2.75, 3.05) is 6.61 Å². The van der Waals surface area contributed by atoms with Gasteiger partial charge in [0.25, 0.3) is 5.69 Å². The third kappa shape index (κ3) is 3.19. The van der Waals surface area contributed by atoms with Gasteiger partial charge in [0, 0.05) is 18.6 Å². The van der Waals surface area contributed by atoms with E-state index in [9.17, 15) is 19.7 Å². The summed E-state index contributed by atoms with van der Waals surface area (Å²) in [7, 11) is 0. The summed E-state index contributed by atoms with van der Waals surface area (Å²) < 4.78 is 9.53. The zero-order valence-electron chi connectivity index (χ0n) is 10.4. The van der Waals surface area contributed by atoms with Crippen molar-refractivity contribution in [1.82, 2.24) is 0 Å². The van der Waals surface area contributed by atoms with Gasteiger partial charge in [0.2, 0.25) is 6.10 Å². The molecule has 0 aromatic heterocycles. The van der Waals surface area contributed by atoms with Crippen molar-refractivity contribution in [3.63, 3.8) is 0 Å². The van der Waals surface area contributed by atoms with Crippen LogP contribution in [-0.2, 0) is 19.1 Å². The van der Waals surface area contributed by atoms with Crippen LogP contribution in [0.25, 0.3) is 6.08 Å². The molecule has 0 spiro atoms. The number of cyclic esters (lactones) is 1. The van der Waals surface area contributed by atoms with E-state index in [2.05, 4.69) is 4.74 Å². The van der Waals surface area contributed by atoms with E-state index >= 15 is 0 Å². The Hall–Kier alpha value is -2.70. The van der Waals surface area contributed by atoms with Crippen LogP contribution in [0.4, 0.5) is 5.69 Å². The molecule has 1 aliphatic rings. The highest BCUT2D eigenvalue weighted by molar-refractivity contribution is 5.90. The number of rotatable bonds is 4. The number of carbonyl (C=O) groups excluding carboxylic acids is 2. The quantitative estimate of drug-likeness (QED) is 0.358. The molecule has 0 bridgehead atoms. The first kappa shape index (κ1) is 13.7. The minimum Gasteiger partial charge on any atom is -0.463 e. The summed E-state index contributed by atoms with van der Waals surface area (Å²) in [5.74, 6) is -1.32. The average Bonchev–Trinajstić information content (AvgIpc) is 2.82. The molecule has 1 atom stereocenters. The maximum atomic E-state index is 11.5. The standard InChI is InChI=1S/C13H11NO6/c15-12(20-11-7-8-19-13(11)16)6-5-9-3-1-2-4-10(9)14(17)18/h1-6,11H,7-8H2/b6-5+/t11-/m1/s1. The summed E-state index contributed by atoms with van der Waals surface area (Å²) in [6.07, 6.45) is 1.76. The molecule has 1 aromatic carbocycles. The molecule has 1 heterocycles. The van der Waals surface area contributed by atoms with E-state index in [0.29, 0.717) is 6.42 Å². The second-order valence-corrected chi connectivity index (χ2v) is 4.03.